The van der Waals surface area contributed by atoms with Crippen molar-refractivity contribution in [2.75, 3.05) is 26.7 Å². The molecule has 2 nitrogen and oxygen atoms in total. The van der Waals surface area contributed by atoms with E-state index in [1.54, 1.807) is 0 Å². The van der Waals surface area contributed by atoms with Gasteiger partial charge in [-0.3, -0.25) is 0 Å². The molecular formula is C14H30N2. The summed E-state index contributed by atoms with van der Waals surface area (Å²) in [5.74, 6) is 1.88. The molecule has 0 bridgehead atoms. The fraction of sp³-hybridized carbons (Fsp3) is 1.00. The number of likely N-dealkylation sites (N-methyl/N-ethyl adjacent to an activating group) is 1. The van der Waals surface area contributed by atoms with Crippen molar-refractivity contribution < 1.29 is 0 Å². The van der Waals surface area contributed by atoms with Crippen LogP contribution in [0.3, 0.4) is 0 Å². The molecule has 2 unspecified atom stereocenters. The van der Waals surface area contributed by atoms with Crippen molar-refractivity contribution >= 4 is 0 Å². The molecule has 2 N–H and O–H groups in total. The minimum atomic E-state index is 0.928. The van der Waals surface area contributed by atoms with Crippen LogP contribution in [0.15, 0.2) is 0 Å². The smallest absolute Gasteiger partial charge is 0.00767 e. The fourth-order valence-corrected chi connectivity index (χ4v) is 2.64. The highest BCUT2D eigenvalue weighted by atomic mass is 14.9. The summed E-state index contributed by atoms with van der Waals surface area (Å²) in [5, 5.41) is 6.76. The van der Waals surface area contributed by atoms with Gasteiger partial charge in [-0.15, -0.1) is 0 Å². The maximum absolute atomic E-state index is 3.58. The molecule has 0 heterocycles. The molecule has 2 heteroatoms. The lowest BCUT2D eigenvalue weighted by Gasteiger charge is -2.18. The van der Waals surface area contributed by atoms with Crippen LogP contribution in [0.25, 0.3) is 0 Å². The minimum absolute atomic E-state index is 0.928. The molecule has 1 aliphatic rings. The van der Waals surface area contributed by atoms with Crippen molar-refractivity contribution in [3.05, 3.63) is 0 Å². The first-order valence-corrected chi connectivity index (χ1v) is 7.18. The second-order valence-electron chi connectivity index (χ2n) is 5.49. The van der Waals surface area contributed by atoms with Crippen LogP contribution in [-0.2, 0) is 0 Å². The predicted octanol–water partition coefficient (Wildman–Crippen LogP) is 2.79. The van der Waals surface area contributed by atoms with Gasteiger partial charge < -0.3 is 10.6 Å². The fourth-order valence-electron chi connectivity index (χ4n) is 2.64. The van der Waals surface area contributed by atoms with Gasteiger partial charge in [0, 0.05) is 13.1 Å². The topological polar surface area (TPSA) is 24.1 Å². The van der Waals surface area contributed by atoms with Crippen LogP contribution in [0.4, 0.5) is 0 Å². The minimum Gasteiger partial charge on any atom is -0.318 e. The molecule has 0 spiro atoms. The summed E-state index contributed by atoms with van der Waals surface area (Å²) in [4.78, 5) is 0. The number of rotatable bonds is 5. The number of nitrogens with one attached hydrogen (secondary N) is 2. The Morgan fingerprint density at radius 3 is 2.56 bits per heavy atom. The quantitative estimate of drug-likeness (QED) is 0.704. The van der Waals surface area contributed by atoms with E-state index in [4.69, 9.17) is 0 Å². The third-order valence-corrected chi connectivity index (χ3v) is 3.86. The Bertz CT molecular complexity index is 159. The molecule has 16 heavy (non-hydrogen) atoms. The van der Waals surface area contributed by atoms with E-state index in [0.717, 1.165) is 24.9 Å². The molecular weight excluding hydrogens is 196 g/mol. The molecule has 1 rings (SSSR count). The van der Waals surface area contributed by atoms with Crippen molar-refractivity contribution in [2.45, 2.75) is 51.9 Å². The summed E-state index contributed by atoms with van der Waals surface area (Å²) in [7, 11) is 2.02. The lowest BCUT2D eigenvalue weighted by molar-refractivity contribution is 0.375. The average molecular weight is 226 g/mol. The molecule has 1 aliphatic carbocycles. The second-order valence-corrected chi connectivity index (χ2v) is 5.49. The Balaban J connectivity index is 2.16. The summed E-state index contributed by atoms with van der Waals surface area (Å²) in [6.45, 7) is 5.86. The van der Waals surface area contributed by atoms with E-state index < -0.39 is 0 Å². The average Bonchev–Trinajstić information content (AvgIpc) is 2.38. The highest BCUT2D eigenvalue weighted by Gasteiger charge is 2.13. The van der Waals surface area contributed by atoms with E-state index in [0.29, 0.717) is 0 Å². The maximum atomic E-state index is 3.58. The normalized spacial score (nSPS) is 28.1. The molecule has 0 amide bonds. The zero-order valence-electron chi connectivity index (χ0n) is 11.2. The van der Waals surface area contributed by atoms with Gasteiger partial charge in [-0.05, 0) is 38.3 Å². The van der Waals surface area contributed by atoms with Crippen molar-refractivity contribution in [3.8, 4) is 0 Å². The van der Waals surface area contributed by atoms with Gasteiger partial charge in [0.2, 0.25) is 0 Å². The van der Waals surface area contributed by atoms with E-state index in [1.807, 2.05) is 7.05 Å². The van der Waals surface area contributed by atoms with Crippen LogP contribution < -0.4 is 10.6 Å². The summed E-state index contributed by atoms with van der Waals surface area (Å²) >= 11 is 0. The van der Waals surface area contributed by atoms with E-state index in [2.05, 4.69) is 17.6 Å². The highest BCUT2D eigenvalue weighted by molar-refractivity contribution is 4.68. The SMILES string of the molecule is CNCCNCC1CCCCCC(C)CC1. The predicted molar refractivity (Wildman–Crippen MR) is 71.8 cm³/mol. The third kappa shape index (κ3) is 6.49. The van der Waals surface area contributed by atoms with Crippen LogP contribution in [-0.4, -0.2) is 26.7 Å². The number of hydrogen-bond donors (Lipinski definition) is 2. The van der Waals surface area contributed by atoms with Gasteiger partial charge in [0.05, 0.1) is 0 Å². The van der Waals surface area contributed by atoms with E-state index in [9.17, 15) is 0 Å². The van der Waals surface area contributed by atoms with Crippen LogP contribution >= 0.6 is 0 Å². The van der Waals surface area contributed by atoms with Crippen molar-refractivity contribution in [1.82, 2.24) is 10.6 Å². The second kappa shape index (κ2) is 9.00. The summed E-state index contributed by atoms with van der Waals surface area (Å²) in [6.07, 6.45) is 10.1. The Kier molecular flexibility index (Phi) is 7.87. The van der Waals surface area contributed by atoms with Crippen LogP contribution in [0, 0.1) is 11.8 Å². The maximum Gasteiger partial charge on any atom is 0.00767 e. The third-order valence-electron chi connectivity index (χ3n) is 3.86. The van der Waals surface area contributed by atoms with Crippen LogP contribution in [0.1, 0.15) is 51.9 Å². The van der Waals surface area contributed by atoms with Crippen LogP contribution in [0.2, 0.25) is 0 Å². The van der Waals surface area contributed by atoms with Gasteiger partial charge in [-0.25, -0.2) is 0 Å². The van der Waals surface area contributed by atoms with E-state index >= 15 is 0 Å². The summed E-state index contributed by atoms with van der Waals surface area (Å²) < 4.78 is 0. The van der Waals surface area contributed by atoms with E-state index in [-0.39, 0.29) is 0 Å². The first kappa shape index (κ1) is 14.0. The zero-order valence-corrected chi connectivity index (χ0v) is 11.2. The Morgan fingerprint density at radius 2 is 1.75 bits per heavy atom. The van der Waals surface area contributed by atoms with Gasteiger partial charge in [-0.1, -0.05) is 39.0 Å². The molecule has 0 aromatic rings. The molecule has 0 radical (unpaired) electrons. The summed E-state index contributed by atoms with van der Waals surface area (Å²) in [6, 6.07) is 0. The molecule has 1 saturated carbocycles. The summed E-state index contributed by atoms with van der Waals surface area (Å²) in [5.41, 5.74) is 0. The van der Waals surface area contributed by atoms with Gasteiger partial charge >= 0.3 is 0 Å². The zero-order chi connectivity index (χ0) is 11.6. The molecule has 0 aromatic heterocycles. The lowest BCUT2D eigenvalue weighted by Crippen LogP contribution is -2.29. The van der Waals surface area contributed by atoms with E-state index in [1.165, 1.54) is 51.5 Å². The number of hydrogen-bond acceptors (Lipinski definition) is 2. The molecule has 96 valence electrons. The lowest BCUT2D eigenvalue weighted by atomic mass is 9.93. The highest BCUT2D eigenvalue weighted by Crippen LogP contribution is 2.24. The van der Waals surface area contributed by atoms with Crippen molar-refractivity contribution in [1.29, 1.82) is 0 Å². The Hall–Kier alpha value is -0.0800. The van der Waals surface area contributed by atoms with Gasteiger partial charge in [0.15, 0.2) is 0 Å². The molecule has 2 atom stereocenters. The van der Waals surface area contributed by atoms with Crippen LogP contribution in [0.5, 0.6) is 0 Å². The van der Waals surface area contributed by atoms with Gasteiger partial charge in [-0.2, -0.15) is 0 Å². The van der Waals surface area contributed by atoms with Crippen molar-refractivity contribution in [2.24, 2.45) is 11.8 Å². The molecule has 1 fully saturated rings. The van der Waals surface area contributed by atoms with Gasteiger partial charge in [0.25, 0.3) is 0 Å². The standard InChI is InChI=1S/C14H30N2/c1-13-6-4-3-5-7-14(9-8-13)12-16-11-10-15-2/h13-16H,3-12H2,1-2H3. The largest absolute Gasteiger partial charge is 0.318 e. The Morgan fingerprint density at radius 1 is 0.938 bits per heavy atom. The van der Waals surface area contributed by atoms with Gasteiger partial charge in [0.1, 0.15) is 0 Å². The first-order chi connectivity index (χ1) is 7.83. The Labute approximate surface area is 102 Å². The molecule has 0 aliphatic heterocycles. The first-order valence-electron chi connectivity index (χ1n) is 7.18. The molecule has 0 saturated heterocycles. The molecule has 0 aromatic carbocycles. The monoisotopic (exact) mass is 226 g/mol. The van der Waals surface area contributed by atoms with Crippen molar-refractivity contribution in [3.63, 3.8) is 0 Å².